The zero-order valence-electron chi connectivity index (χ0n) is 18.7. The van der Waals surface area contributed by atoms with Crippen LogP contribution in [0.4, 0.5) is 19.3 Å². The third kappa shape index (κ3) is 4.89. The lowest BCUT2D eigenvalue weighted by Crippen LogP contribution is -2.50. The van der Waals surface area contributed by atoms with Crippen molar-refractivity contribution in [1.82, 2.24) is 24.3 Å². The van der Waals surface area contributed by atoms with Crippen molar-refractivity contribution in [1.29, 1.82) is 5.26 Å². The first-order valence-electron chi connectivity index (χ1n) is 10.6. The van der Waals surface area contributed by atoms with Crippen molar-refractivity contribution in [3.63, 3.8) is 0 Å². The number of amides is 1. The van der Waals surface area contributed by atoms with E-state index in [2.05, 4.69) is 21.2 Å². The summed E-state index contributed by atoms with van der Waals surface area (Å²) < 4.78 is 33.7. The quantitative estimate of drug-likeness (QED) is 0.596. The van der Waals surface area contributed by atoms with Gasteiger partial charge in [-0.2, -0.15) is 15.5 Å². The summed E-state index contributed by atoms with van der Waals surface area (Å²) >= 11 is 0. The number of hydrogen-bond donors (Lipinski definition) is 0. The standard InChI is InChI=1S/C22H25F2N7O2/c1-22(2,3)33-21(32)29-6-4-28(5-7-29)18-8-15(13-31-20(18)16(9-25)10-27-31)17-11-26-30(12-17)14-19(23)24/h8,10-13,19H,4-7,14H2,1-3H3. The molecule has 0 atom stereocenters. The van der Waals surface area contributed by atoms with Crippen LogP contribution < -0.4 is 4.90 Å². The van der Waals surface area contributed by atoms with Crippen molar-refractivity contribution < 1.29 is 18.3 Å². The van der Waals surface area contributed by atoms with Gasteiger partial charge in [-0.1, -0.05) is 0 Å². The van der Waals surface area contributed by atoms with E-state index in [-0.39, 0.29) is 6.09 Å². The van der Waals surface area contributed by atoms with Gasteiger partial charge in [0.25, 0.3) is 6.43 Å². The highest BCUT2D eigenvalue weighted by atomic mass is 19.3. The molecule has 0 radical (unpaired) electrons. The van der Waals surface area contributed by atoms with E-state index in [0.717, 1.165) is 11.3 Å². The van der Waals surface area contributed by atoms with E-state index in [1.807, 2.05) is 26.8 Å². The summed E-state index contributed by atoms with van der Waals surface area (Å²) in [6.45, 7) is 7.02. The molecule has 1 aliphatic rings. The Morgan fingerprint density at radius 3 is 2.52 bits per heavy atom. The second-order valence-electron chi connectivity index (χ2n) is 8.87. The van der Waals surface area contributed by atoms with Gasteiger partial charge in [-0.3, -0.25) is 4.68 Å². The average Bonchev–Trinajstić information content (AvgIpc) is 3.38. The number of pyridine rings is 1. The molecule has 9 nitrogen and oxygen atoms in total. The number of aromatic nitrogens is 4. The number of carbonyl (C=O) groups is 1. The van der Waals surface area contributed by atoms with Crippen LogP contribution in [0.2, 0.25) is 0 Å². The van der Waals surface area contributed by atoms with Crippen molar-refractivity contribution in [2.24, 2.45) is 0 Å². The van der Waals surface area contributed by atoms with Gasteiger partial charge in [0.15, 0.2) is 0 Å². The van der Waals surface area contributed by atoms with Gasteiger partial charge in [-0.15, -0.1) is 0 Å². The van der Waals surface area contributed by atoms with Crippen LogP contribution in [0, 0.1) is 11.3 Å². The summed E-state index contributed by atoms with van der Waals surface area (Å²) in [5.74, 6) is 0. The molecule has 11 heteroatoms. The summed E-state index contributed by atoms with van der Waals surface area (Å²) in [5, 5.41) is 17.9. The van der Waals surface area contributed by atoms with Gasteiger partial charge in [0.05, 0.1) is 23.6 Å². The summed E-state index contributed by atoms with van der Waals surface area (Å²) in [5.41, 5.74) is 2.71. The van der Waals surface area contributed by atoms with Crippen LogP contribution in [0.15, 0.2) is 30.9 Å². The zero-order valence-corrected chi connectivity index (χ0v) is 18.7. The summed E-state index contributed by atoms with van der Waals surface area (Å²) in [6, 6.07) is 4.08. The highest BCUT2D eigenvalue weighted by Crippen LogP contribution is 2.31. The number of anilines is 1. The predicted octanol–water partition coefficient (Wildman–Crippen LogP) is 3.39. The number of hydrogen-bond acceptors (Lipinski definition) is 6. The molecule has 0 bridgehead atoms. The largest absolute Gasteiger partial charge is 0.444 e. The maximum atomic E-state index is 12.7. The number of rotatable bonds is 4. The van der Waals surface area contributed by atoms with Crippen LogP contribution in [0.3, 0.4) is 0 Å². The van der Waals surface area contributed by atoms with Gasteiger partial charge in [-0.25, -0.2) is 18.1 Å². The van der Waals surface area contributed by atoms with Crippen molar-refractivity contribution >= 4 is 17.3 Å². The zero-order chi connectivity index (χ0) is 23.8. The van der Waals surface area contributed by atoms with Crippen LogP contribution >= 0.6 is 0 Å². The topological polar surface area (TPSA) is 91.7 Å². The number of fused-ring (bicyclic) bond motifs is 1. The van der Waals surface area contributed by atoms with Crippen LogP contribution in [-0.2, 0) is 11.3 Å². The molecule has 1 amide bonds. The fraction of sp³-hybridized carbons (Fsp3) is 0.455. The van der Waals surface area contributed by atoms with Gasteiger partial charge in [0.2, 0.25) is 0 Å². The number of nitriles is 1. The van der Waals surface area contributed by atoms with Crippen LogP contribution in [0.25, 0.3) is 16.6 Å². The van der Waals surface area contributed by atoms with E-state index in [9.17, 15) is 18.8 Å². The minimum atomic E-state index is -2.50. The fourth-order valence-electron chi connectivity index (χ4n) is 3.79. The van der Waals surface area contributed by atoms with Gasteiger partial charge >= 0.3 is 6.09 Å². The molecule has 0 unspecified atom stereocenters. The number of ether oxygens (including phenoxy) is 1. The molecule has 0 aliphatic carbocycles. The molecule has 1 saturated heterocycles. The van der Waals surface area contributed by atoms with Gasteiger partial charge in [-0.05, 0) is 26.8 Å². The van der Waals surface area contributed by atoms with Crippen molar-refractivity contribution in [3.8, 4) is 17.2 Å². The number of halogens is 2. The van der Waals surface area contributed by atoms with Crippen LogP contribution in [-0.4, -0.2) is 68.6 Å². The van der Waals surface area contributed by atoms with E-state index in [1.165, 1.54) is 17.1 Å². The maximum Gasteiger partial charge on any atom is 0.410 e. The molecule has 0 N–H and O–H groups in total. The third-order valence-electron chi connectivity index (χ3n) is 5.28. The molecule has 0 aromatic carbocycles. The second kappa shape index (κ2) is 8.69. The molecule has 0 spiro atoms. The Hall–Kier alpha value is -3.68. The van der Waals surface area contributed by atoms with E-state index < -0.39 is 18.6 Å². The minimum absolute atomic E-state index is 0.352. The fourth-order valence-corrected chi connectivity index (χ4v) is 3.79. The van der Waals surface area contributed by atoms with Crippen LogP contribution in [0.5, 0.6) is 0 Å². The Morgan fingerprint density at radius 2 is 1.88 bits per heavy atom. The lowest BCUT2D eigenvalue weighted by atomic mass is 10.1. The lowest BCUT2D eigenvalue weighted by Gasteiger charge is -2.37. The molecule has 0 saturated carbocycles. The van der Waals surface area contributed by atoms with Gasteiger partial charge < -0.3 is 14.5 Å². The molecule has 3 aromatic rings. The molecular weight excluding hydrogens is 432 g/mol. The molecule has 1 aliphatic heterocycles. The smallest absolute Gasteiger partial charge is 0.410 e. The number of alkyl halides is 2. The SMILES string of the molecule is CC(C)(C)OC(=O)N1CCN(c2cc(-c3cnn(CC(F)F)c3)cn3ncc(C#N)c23)CC1. The summed E-state index contributed by atoms with van der Waals surface area (Å²) in [6.07, 6.45) is 3.49. The monoisotopic (exact) mass is 457 g/mol. The van der Waals surface area contributed by atoms with Crippen LogP contribution in [0.1, 0.15) is 26.3 Å². The Balaban J connectivity index is 1.63. The molecule has 1 fully saturated rings. The van der Waals surface area contributed by atoms with E-state index in [0.29, 0.717) is 42.8 Å². The predicted molar refractivity (Wildman–Crippen MR) is 117 cm³/mol. The first kappa shape index (κ1) is 22.5. The van der Waals surface area contributed by atoms with Crippen molar-refractivity contribution in [2.75, 3.05) is 31.1 Å². The summed E-state index contributed by atoms with van der Waals surface area (Å²) in [7, 11) is 0. The van der Waals surface area contributed by atoms with E-state index in [4.69, 9.17) is 4.74 Å². The first-order valence-corrected chi connectivity index (χ1v) is 10.6. The number of nitrogens with zero attached hydrogens (tertiary/aromatic N) is 7. The number of piperazine rings is 1. The Morgan fingerprint density at radius 1 is 1.15 bits per heavy atom. The number of carbonyl (C=O) groups excluding carboxylic acids is 1. The second-order valence-corrected chi connectivity index (χ2v) is 8.87. The maximum absolute atomic E-state index is 12.7. The Kier molecular flexibility index (Phi) is 5.93. The molecular formula is C22H25F2N7O2. The van der Waals surface area contributed by atoms with E-state index >= 15 is 0 Å². The highest BCUT2D eigenvalue weighted by Gasteiger charge is 2.27. The molecule has 4 heterocycles. The van der Waals surface area contributed by atoms with Crippen molar-refractivity contribution in [3.05, 3.63) is 36.4 Å². The molecule has 4 rings (SSSR count). The lowest BCUT2D eigenvalue weighted by molar-refractivity contribution is 0.0240. The van der Waals surface area contributed by atoms with Crippen molar-refractivity contribution in [2.45, 2.75) is 39.3 Å². The first-order chi connectivity index (χ1) is 15.6. The van der Waals surface area contributed by atoms with Gasteiger partial charge in [0, 0.05) is 49.7 Å². The molecule has 174 valence electrons. The van der Waals surface area contributed by atoms with Gasteiger partial charge in [0.1, 0.15) is 23.7 Å². The average molecular weight is 457 g/mol. The van der Waals surface area contributed by atoms with E-state index in [1.54, 1.807) is 21.8 Å². The Bertz CT molecular complexity index is 1200. The third-order valence-corrected chi connectivity index (χ3v) is 5.28. The molecule has 3 aromatic heterocycles. The summed E-state index contributed by atoms with van der Waals surface area (Å²) in [4.78, 5) is 16.2. The Labute approximate surface area is 189 Å². The molecule has 33 heavy (non-hydrogen) atoms. The highest BCUT2D eigenvalue weighted by molar-refractivity contribution is 5.83. The minimum Gasteiger partial charge on any atom is -0.444 e. The normalized spacial score (nSPS) is 14.7.